The van der Waals surface area contributed by atoms with Crippen LogP contribution >= 0.6 is 0 Å². The van der Waals surface area contributed by atoms with Gasteiger partial charge in [-0.1, -0.05) is 38.0 Å². The molecule has 0 atom stereocenters. The highest BCUT2D eigenvalue weighted by Crippen LogP contribution is 2.34. The van der Waals surface area contributed by atoms with E-state index in [2.05, 4.69) is 17.6 Å². The van der Waals surface area contributed by atoms with E-state index in [0.717, 1.165) is 19.3 Å². The third-order valence-corrected chi connectivity index (χ3v) is 4.18. The largest absolute Gasteiger partial charge is 0.482 e. The molecule has 3 amide bonds. The Bertz CT molecular complexity index is 777. The number of unbranched alkanes of at least 4 members (excludes halogenated alkanes) is 2. The Hall–Kier alpha value is -3.02. The average molecular weight is 353 g/mol. The first-order chi connectivity index (χ1) is 12.7. The zero-order valence-corrected chi connectivity index (χ0v) is 14.8. The lowest BCUT2D eigenvalue weighted by Crippen LogP contribution is -2.39. The molecule has 26 heavy (non-hydrogen) atoms. The lowest BCUT2D eigenvalue weighted by molar-refractivity contribution is -0.121. The second-order valence-electron chi connectivity index (χ2n) is 6.17. The summed E-state index contributed by atoms with van der Waals surface area (Å²) in [4.78, 5) is 26.1. The Morgan fingerprint density at radius 1 is 1.08 bits per heavy atom. The third-order valence-electron chi connectivity index (χ3n) is 4.18. The van der Waals surface area contributed by atoms with E-state index in [1.54, 1.807) is 23.1 Å². The van der Waals surface area contributed by atoms with E-state index in [1.807, 2.05) is 30.3 Å². The summed E-state index contributed by atoms with van der Waals surface area (Å²) in [5, 5.41) is 5.57. The number of carbonyl (C=O) groups excluding carboxylic acids is 2. The van der Waals surface area contributed by atoms with Gasteiger partial charge < -0.3 is 20.3 Å². The number of hydrogen-bond acceptors (Lipinski definition) is 3. The highest BCUT2D eigenvalue weighted by molar-refractivity contribution is 6.02. The fourth-order valence-electron chi connectivity index (χ4n) is 2.86. The summed E-state index contributed by atoms with van der Waals surface area (Å²) in [7, 11) is 0. The van der Waals surface area contributed by atoms with Gasteiger partial charge in [-0.25, -0.2) is 4.79 Å². The average Bonchev–Trinajstić information content (AvgIpc) is 2.64. The fraction of sp³-hybridized carbons (Fsp3) is 0.300. The smallest absolute Gasteiger partial charge is 0.323 e. The number of nitrogens with zero attached hydrogens (tertiary/aromatic N) is 1. The van der Waals surface area contributed by atoms with Gasteiger partial charge in [0.25, 0.3) is 5.91 Å². The molecular formula is C20H23N3O3. The third kappa shape index (κ3) is 4.33. The molecule has 136 valence electrons. The molecular weight excluding hydrogens is 330 g/mol. The predicted molar refractivity (Wildman–Crippen MR) is 103 cm³/mol. The monoisotopic (exact) mass is 353 g/mol. The first-order valence-electron chi connectivity index (χ1n) is 8.87. The molecule has 0 unspecified atom stereocenters. The van der Waals surface area contributed by atoms with Crippen LogP contribution in [0.4, 0.5) is 21.9 Å². The normalized spacial score (nSPS) is 13.0. The number of fused-ring (bicyclic) bond motifs is 1. The van der Waals surface area contributed by atoms with E-state index in [9.17, 15) is 9.59 Å². The maximum Gasteiger partial charge on any atom is 0.323 e. The van der Waals surface area contributed by atoms with Gasteiger partial charge in [0.15, 0.2) is 6.61 Å². The van der Waals surface area contributed by atoms with E-state index in [0.29, 0.717) is 29.4 Å². The number of urea groups is 1. The van der Waals surface area contributed by atoms with Crippen LogP contribution in [0.3, 0.4) is 0 Å². The van der Waals surface area contributed by atoms with Crippen molar-refractivity contribution >= 4 is 29.0 Å². The molecule has 6 heteroatoms. The van der Waals surface area contributed by atoms with E-state index in [1.165, 1.54) is 0 Å². The molecule has 0 spiro atoms. The van der Waals surface area contributed by atoms with Crippen LogP contribution < -0.4 is 20.3 Å². The molecule has 1 aliphatic heterocycles. The summed E-state index contributed by atoms with van der Waals surface area (Å²) < 4.78 is 5.51. The van der Waals surface area contributed by atoms with Gasteiger partial charge in [-0.05, 0) is 36.8 Å². The van der Waals surface area contributed by atoms with Gasteiger partial charge in [0.05, 0.1) is 5.69 Å². The standard InChI is InChI=1S/C20H23N3O3/c1-2-3-7-12-23-17-13-16(10-11-18(17)26-14-19(23)24)22-20(25)21-15-8-5-4-6-9-15/h4-6,8-11,13H,2-3,7,12,14H2,1H3,(H2,21,22,25). The molecule has 0 aliphatic carbocycles. The van der Waals surface area contributed by atoms with Crippen LogP contribution in [0.25, 0.3) is 0 Å². The van der Waals surface area contributed by atoms with Crippen molar-refractivity contribution in [2.75, 3.05) is 28.7 Å². The first kappa shape index (κ1) is 17.8. The van der Waals surface area contributed by atoms with Crippen molar-refractivity contribution in [3.8, 4) is 5.75 Å². The van der Waals surface area contributed by atoms with Gasteiger partial charge in [-0.3, -0.25) is 4.79 Å². The van der Waals surface area contributed by atoms with E-state index in [-0.39, 0.29) is 18.5 Å². The molecule has 3 rings (SSSR count). The van der Waals surface area contributed by atoms with Gasteiger partial charge >= 0.3 is 6.03 Å². The Labute approximate surface area is 153 Å². The maximum absolute atomic E-state index is 12.2. The lowest BCUT2D eigenvalue weighted by Gasteiger charge is -2.29. The number of anilines is 3. The van der Waals surface area contributed by atoms with E-state index >= 15 is 0 Å². The quantitative estimate of drug-likeness (QED) is 0.763. The summed E-state index contributed by atoms with van der Waals surface area (Å²) >= 11 is 0. The SMILES string of the molecule is CCCCCN1C(=O)COc2ccc(NC(=O)Nc3ccccc3)cc21. The maximum atomic E-state index is 12.2. The number of amides is 3. The molecule has 2 aromatic carbocycles. The minimum Gasteiger partial charge on any atom is -0.482 e. The van der Waals surface area contributed by atoms with Crippen molar-refractivity contribution in [2.24, 2.45) is 0 Å². The van der Waals surface area contributed by atoms with Gasteiger partial charge in [0.2, 0.25) is 0 Å². The second-order valence-corrected chi connectivity index (χ2v) is 6.17. The van der Waals surface area contributed by atoms with Crippen LogP contribution in [-0.4, -0.2) is 25.1 Å². The number of rotatable bonds is 6. The summed E-state index contributed by atoms with van der Waals surface area (Å²) in [5.41, 5.74) is 2.02. The Balaban J connectivity index is 1.72. The Kier molecular flexibility index (Phi) is 5.73. The molecule has 1 heterocycles. The van der Waals surface area contributed by atoms with Gasteiger partial charge in [0.1, 0.15) is 5.75 Å². The second kappa shape index (κ2) is 8.38. The molecule has 0 bridgehead atoms. The van der Waals surface area contributed by atoms with Crippen molar-refractivity contribution in [1.82, 2.24) is 0 Å². The molecule has 0 radical (unpaired) electrons. The zero-order chi connectivity index (χ0) is 18.4. The zero-order valence-electron chi connectivity index (χ0n) is 14.8. The van der Waals surface area contributed by atoms with Crippen LogP contribution in [0.15, 0.2) is 48.5 Å². The molecule has 2 N–H and O–H groups in total. The summed E-state index contributed by atoms with van der Waals surface area (Å²) in [5.74, 6) is 0.606. The Morgan fingerprint density at radius 2 is 1.85 bits per heavy atom. The topological polar surface area (TPSA) is 70.7 Å². The van der Waals surface area contributed by atoms with Gasteiger partial charge in [0, 0.05) is 17.9 Å². The predicted octanol–water partition coefficient (Wildman–Crippen LogP) is 4.25. The van der Waals surface area contributed by atoms with E-state index in [4.69, 9.17) is 4.74 Å². The van der Waals surface area contributed by atoms with Crippen molar-refractivity contribution in [3.63, 3.8) is 0 Å². The molecule has 2 aromatic rings. The minimum atomic E-state index is -0.336. The molecule has 0 aromatic heterocycles. The van der Waals surface area contributed by atoms with E-state index < -0.39 is 0 Å². The van der Waals surface area contributed by atoms with Crippen LogP contribution in [0, 0.1) is 0 Å². The Morgan fingerprint density at radius 3 is 2.62 bits per heavy atom. The number of benzene rings is 2. The highest BCUT2D eigenvalue weighted by atomic mass is 16.5. The molecule has 0 saturated carbocycles. The first-order valence-corrected chi connectivity index (χ1v) is 8.87. The van der Waals surface area contributed by atoms with Crippen LogP contribution in [0.2, 0.25) is 0 Å². The number of ether oxygens (including phenoxy) is 1. The molecule has 0 saturated heterocycles. The van der Waals surface area contributed by atoms with Crippen molar-refractivity contribution < 1.29 is 14.3 Å². The summed E-state index contributed by atoms with van der Waals surface area (Å²) in [6, 6.07) is 14.2. The lowest BCUT2D eigenvalue weighted by atomic mass is 10.1. The molecule has 6 nitrogen and oxygen atoms in total. The summed E-state index contributed by atoms with van der Waals surface area (Å²) in [6.07, 6.45) is 3.10. The highest BCUT2D eigenvalue weighted by Gasteiger charge is 2.25. The summed E-state index contributed by atoms with van der Waals surface area (Å²) in [6.45, 7) is 2.84. The van der Waals surface area contributed by atoms with Crippen molar-refractivity contribution in [3.05, 3.63) is 48.5 Å². The molecule has 0 fully saturated rings. The number of nitrogens with one attached hydrogen (secondary N) is 2. The van der Waals surface area contributed by atoms with Crippen molar-refractivity contribution in [1.29, 1.82) is 0 Å². The molecule has 1 aliphatic rings. The number of para-hydroxylation sites is 1. The van der Waals surface area contributed by atoms with Gasteiger partial charge in [-0.15, -0.1) is 0 Å². The van der Waals surface area contributed by atoms with Crippen LogP contribution in [0.5, 0.6) is 5.75 Å². The van der Waals surface area contributed by atoms with Crippen LogP contribution in [-0.2, 0) is 4.79 Å². The van der Waals surface area contributed by atoms with Gasteiger partial charge in [-0.2, -0.15) is 0 Å². The minimum absolute atomic E-state index is 0.0559. The van der Waals surface area contributed by atoms with Crippen molar-refractivity contribution in [2.45, 2.75) is 26.2 Å². The fourth-order valence-corrected chi connectivity index (χ4v) is 2.86. The van der Waals surface area contributed by atoms with Crippen LogP contribution in [0.1, 0.15) is 26.2 Å². The number of carbonyl (C=O) groups is 2. The number of hydrogen-bond donors (Lipinski definition) is 2.